The summed E-state index contributed by atoms with van der Waals surface area (Å²) in [6, 6.07) is 9.02. The summed E-state index contributed by atoms with van der Waals surface area (Å²) in [6.07, 6.45) is 4.69. The molecule has 2 aromatic rings. The van der Waals surface area contributed by atoms with E-state index >= 15 is 0 Å². The number of unbranched alkanes of at least 4 members (excludes halogenated alkanes) is 2. The predicted octanol–water partition coefficient (Wildman–Crippen LogP) is 4.64. The highest BCUT2D eigenvalue weighted by atomic mass is 16.5. The maximum absolute atomic E-state index is 11.3. The molecule has 120 valence electrons. The van der Waals surface area contributed by atoms with E-state index in [-0.39, 0.29) is 5.97 Å². The number of nitrogens with zero attached hydrogens (tertiary/aromatic N) is 1. The van der Waals surface area contributed by atoms with Crippen LogP contribution in [-0.4, -0.2) is 17.1 Å². The van der Waals surface area contributed by atoms with Gasteiger partial charge in [0.05, 0.1) is 6.61 Å². The molecule has 0 fully saturated rings. The molecule has 0 saturated heterocycles. The van der Waals surface area contributed by atoms with Crippen LogP contribution in [0.4, 0.5) is 0 Å². The zero-order valence-electron chi connectivity index (χ0n) is 14.0. The topological polar surface area (TPSA) is 31.2 Å². The lowest BCUT2D eigenvalue weighted by molar-refractivity contribution is -0.143. The van der Waals surface area contributed by atoms with Crippen molar-refractivity contribution < 1.29 is 9.53 Å². The van der Waals surface area contributed by atoms with Crippen LogP contribution >= 0.6 is 0 Å². The van der Waals surface area contributed by atoms with Crippen LogP contribution in [0.2, 0.25) is 0 Å². The zero-order valence-corrected chi connectivity index (χ0v) is 14.0. The van der Waals surface area contributed by atoms with Crippen LogP contribution in [0.1, 0.15) is 50.8 Å². The van der Waals surface area contributed by atoms with E-state index in [0.29, 0.717) is 13.0 Å². The fraction of sp³-hybridized carbons (Fsp3) is 0.526. The minimum Gasteiger partial charge on any atom is -0.466 e. The molecule has 0 atom stereocenters. The third-order valence-electron chi connectivity index (χ3n) is 4.15. The van der Waals surface area contributed by atoms with Crippen molar-refractivity contribution in [2.45, 2.75) is 59.4 Å². The molecular formula is C19H27NO2. The number of rotatable bonds is 8. The van der Waals surface area contributed by atoms with Crippen molar-refractivity contribution in [2.75, 3.05) is 6.61 Å². The number of aromatic nitrogens is 1. The van der Waals surface area contributed by atoms with E-state index in [2.05, 4.69) is 42.7 Å². The van der Waals surface area contributed by atoms with Gasteiger partial charge in [-0.1, -0.05) is 19.4 Å². The smallest absolute Gasteiger partial charge is 0.305 e. The van der Waals surface area contributed by atoms with Gasteiger partial charge in [0.25, 0.3) is 0 Å². The molecule has 0 aliphatic heterocycles. The van der Waals surface area contributed by atoms with Gasteiger partial charge in [-0.2, -0.15) is 0 Å². The first kappa shape index (κ1) is 16.6. The van der Waals surface area contributed by atoms with Gasteiger partial charge in [0.2, 0.25) is 0 Å². The Kier molecular flexibility index (Phi) is 6.05. The van der Waals surface area contributed by atoms with Crippen molar-refractivity contribution in [2.24, 2.45) is 0 Å². The molecule has 2 rings (SSSR count). The lowest BCUT2D eigenvalue weighted by Crippen LogP contribution is -2.04. The second kappa shape index (κ2) is 8.02. The first-order valence-corrected chi connectivity index (χ1v) is 8.40. The molecule has 0 amide bonds. The molecule has 3 nitrogen and oxygen atoms in total. The lowest BCUT2D eigenvalue weighted by Gasteiger charge is -2.08. The number of hydrogen-bond donors (Lipinski definition) is 0. The average Bonchev–Trinajstić information content (AvgIpc) is 2.82. The average molecular weight is 301 g/mol. The standard InChI is InChI=1S/C19H27NO2/c1-4-16-10-11-18-17(14-16)13-15(3)20(18)12-8-6-7-9-19(21)22-5-2/h10-11,13-14H,4-9,12H2,1-3H3. The van der Waals surface area contributed by atoms with Crippen LogP contribution in [0, 0.1) is 6.92 Å². The highest BCUT2D eigenvalue weighted by molar-refractivity contribution is 5.82. The molecule has 1 heterocycles. The van der Waals surface area contributed by atoms with Gasteiger partial charge in [0, 0.05) is 29.6 Å². The van der Waals surface area contributed by atoms with E-state index in [1.165, 1.54) is 22.2 Å². The third kappa shape index (κ3) is 4.12. The largest absolute Gasteiger partial charge is 0.466 e. The fourth-order valence-corrected chi connectivity index (χ4v) is 2.92. The van der Waals surface area contributed by atoms with Gasteiger partial charge in [-0.15, -0.1) is 0 Å². The van der Waals surface area contributed by atoms with Crippen LogP contribution in [0.25, 0.3) is 10.9 Å². The molecule has 0 radical (unpaired) electrons. The summed E-state index contributed by atoms with van der Waals surface area (Å²) in [5.74, 6) is -0.0720. The Labute approximate surface area is 133 Å². The first-order valence-electron chi connectivity index (χ1n) is 8.40. The maximum Gasteiger partial charge on any atom is 0.305 e. The summed E-state index contributed by atoms with van der Waals surface area (Å²) in [5.41, 5.74) is 4.02. The Morgan fingerprint density at radius 2 is 1.95 bits per heavy atom. The van der Waals surface area contributed by atoms with E-state index in [1.54, 1.807) is 0 Å². The van der Waals surface area contributed by atoms with Gasteiger partial charge in [-0.05, 0) is 56.9 Å². The molecule has 0 aliphatic rings. The quantitative estimate of drug-likeness (QED) is 0.525. The van der Waals surface area contributed by atoms with Gasteiger partial charge < -0.3 is 9.30 Å². The molecule has 0 bridgehead atoms. The molecule has 0 saturated carbocycles. The normalized spacial score (nSPS) is 11.0. The summed E-state index contributed by atoms with van der Waals surface area (Å²) < 4.78 is 7.34. The van der Waals surface area contributed by atoms with Crippen molar-refractivity contribution in [3.8, 4) is 0 Å². The van der Waals surface area contributed by atoms with Crippen LogP contribution in [0.15, 0.2) is 24.3 Å². The Bertz CT molecular complexity index is 628. The molecule has 0 spiro atoms. The molecule has 1 aromatic carbocycles. The Hall–Kier alpha value is -1.77. The summed E-state index contributed by atoms with van der Waals surface area (Å²) in [7, 11) is 0. The SMILES string of the molecule is CCOC(=O)CCCCCn1c(C)cc2cc(CC)ccc21. The molecule has 1 aromatic heterocycles. The molecule has 22 heavy (non-hydrogen) atoms. The second-order valence-corrected chi connectivity index (χ2v) is 5.80. The number of carbonyl (C=O) groups excluding carboxylic acids is 1. The number of carbonyl (C=O) groups is 1. The van der Waals surface area contributed by atoms with Crippen molar-refractivity contribution in [1.82, 2.24) is 4.57 Å². The molecule has 0 N–H and O–H groups in total. The number of aryl methyl sites for hydroxylation is 3. The van der Waals surface area contributed by atoms with Crippen LogP contribution in [0.3, 0.4) is 0 Å². The molecule has 3 heteroatoms. The van der Waals surface area contributed by atoms with Gasteiger partial charge in [0.15, 0.2) is 0 Å². The number of esters is 1. The monoisotopic (exact) mass is 301 g/mol. The van der Waals surface area contributed by atoms with E-state index in [1.807, 2.05) is 6.92 Å². The highest BCUT2D eigenvalue weighted by Crippen LogP contribution is 2.22. The van der Waals surface area contributed by atoms with Crippen molar-refractivity contribution in [1.29, 1.82) is 0 Å². The number of ether oxygens (including phenoxy) is 1. The first-order chi connectivity index (χ1) is 10.7. The van der Waals surface area contributed by atoms with E-state index < -0.39 is 0 Å². The van der Waals surface area contributed by atoms with Crippen LogP contribution in [-0.2, 0) is 22.5 Å². The summed E-state index contributed by atoms with van der Waals surface area (Å²) in [6.45, 7) is 7.71. The van der Waals surface area contributed by atoms with E-state index in [9.17, 15) is 4.79 Å². The summed E-state index contributed by atoms with van der Waals surface area (Å²) >= 11 is 0. The molecule has 0 unspecified atom stereocenters. The third-order valence-corrected chi connectivity index (χ3v) is 4.15. The predicted molar refractivity (Wildman–Crippen MR) is 91.2 cm³/mol. The van der Waals surface area contributed by atoms with Gasteiger partial charge in [-0.3, -0.25) is 4.79 Å². The van der Waals surface area contributed by atoms with Crippen molar-refractivity contribution in [3.05, 3.63) is 35.5 Å². The van der Waals surface area contributed by atoms with E-state index in [0.717, 1.165) is 32.2 Å². The van der Waals surface area contributed by atoms with Crippen molar-refractivity contribution >= 4 is 16.9 Å². The Balaban J connectivity index is 1.89. The lowest BCUT2D eigenvalue weighted by atomic mass is 10.1. The Morgan fingerprint density at radius 3 is 2.68 bits per heavy atom. The van der Waals surface area contributed by atoms with Crippen LogP contribution in [0.5, 0.6) is 0 Å². The Morgan fingerprint density at radius 1 is 1.14 bits per heavy atom. The minimum atomic E-state index is -0.0720. The van der Waals surface area contributed by atoms with Gasteiger partial charge >= 0.3 is 5.97 Å². The molecule has 0 aliphatic carbocycles. The van der Waals surface area contributed by atoms with Gasteiger partial charge in [0.1, 0.15) is 0 Å². The summed E-state index contributed by atoms with van der Waals surface area (Å²) in [4.78, 5) is 11.3. The minimum absolute atomic E-state index is 0.0720. The number of hydrogen-bond acceptors (Lipinski definition) is 2. The van der Waals surface area contributed by atoms with Crippen LogP contribution < -0.4 is 0 Å². The maximum atomic E-state index is 11.3. The fourth-order valence-electron chi connectivity index (χ4n) is 2.92. The van der Waals surface area contributed by atoms with Crippen molar-refractivity contribution in [3.63, 3.8) is 0 Å². The summed E-state index contributed by atoms with van der Waals surface area (Å²) in [5, 5.41) is 1.34. The van der Waals surface area contributed by atoms with E-state index in [4.69, 9.17) is 4.74 Å². The second-order valence-electron chi connectivity index (χ2n) is 5.80. The zero-order chi connectivity index (χ0) is 15.9. The highest BCUT2D eigenvalue weighted by Gasteiger charge is 2.06. The van der Waals surface area contributed by atoms with Gasteiger partial charge in [-0.25, -0.2) is 0 Å². The molecular weight excluding hydrogens is 274 g/mol. The number of fused-ring (bicyclic) bond motifs is 1. The number of benzene rings is 1.